The number of H-pyrrole nitrogens is 1. The highest BCUT2D eigenvalue weighted by Gasteiger charge is 2.46. The summed E-state index contributed by atoms with van der Waals surface area (Å²) in [5, 5.41) is 13.0. The smallest absolute Gasteiger partial charge is 0.292 e. The molecule has 3 N–H and O–H groups in total. The van der Waals surface area contributed by atoms with Crippen molar-refractivity contribution in [1.82, 2.24) is 39.7 Å². The summed E-state index contributed by atoms with van der Waals surface area (Å²) in [6, 6.07) is 14.5. The molecule has 4 aromatic heterocycles. The first-order valence-corrected chi connectivity index (χ1v) is 15.1. The Bertz CT molecular complexity index is 1810. The quantitative estimate of drug-likeness (QED) is 0.299. The monoisotopic (exact) mass is 574 g/mol. The van der Waals surface area contributed by atoms with E-state index in [1.165, 1.54) is 0 Å². The van der Waals surface area contributed by atoms with Gasteiger partial charge in [-0.1, -0.05) is 36.4 Å². The molecule has 1 amide bonds. The first-order valence-electron chi connectivity index (χ1n) is 15.1. The summed E-state index contributed by atoms with van der Waals surface area (Å²) >= 11 is 0. The van der Waals surface area contributed by atoms with Crippen LogP contribution in [0.15, 0.2) is 54.9 Å². The number of amides is 1. The molecule has 5 aromatic rings. The fourth-order valence-electron chi connectivity index (χ4n) is 7.09. The van der Waals surface area contributed by atoms with E-state index >= 15 is 0 Å². The van der Waals surface area contributed by atoms with E-state index in [1.54, 1.807) is 4.52 Å². The SMILES string of the molecule is CN(C)c1nnc(C(=O)N2[C@@H]3CC[C@H]2CC(c2nc4c(-c5ccc(-c6ccccc6)nc5)cnn4c(N)c2C2CC2)C3)[nH]1. The van der Waals surface area contributed by atoms with Gasteiger partial charge in [-0.05, 0) is 50.5 Å². The Morgan fingerprint density at radius 1 is 0.930 bits per heavy atom. The Balaban J connectivity index is 1.13. The van der Waals surface area contributed by atoms with Crippen molar-refractivity contribution in [2.24, 2.45) is 0 Å². The maximum absolute atomic E-state index is 13.6. The third kappa shape index (κ3) is 4.33. The van der Waals surface area contributed by atoms with Crippen LogP contribution in [0, 0.1) is 0 Å². The number of benzene rings is 1. The molecule has 11 nitrogen and oxygen atoms in total. The maximum atomic E-state index is 13.6. The highest BCUT2D eigenvalue weighted by Crippen LogP contribution is 2.50. The number of hydrogen-bond acceptors (Lipinski definition) is 8. The number of nitrogens with one attached hydrogen (secondary N) is 1. The van der Waals surface area contributed by atoms with Crippen molar-refractivity contribution in [2.75, 3.05) is 24.7 Å². The third-order valence-corrected chi connectivity index (χ3v) is 9.34. The molecule has 3 atom stereocenters. The number of nitrogens with zero attached hydrogens (tertiary/aromatic N) is 8. The van der Waals surface area contributed by atoms with Crippen LogP contribution in [-0.4, -0.2) is 71.7 Å². The molecule has 2 bridgehead atoms. The van der Waals surface area contributed by atoms with Gasteiger partial charge in [-0.3, -0.25) is 9.78 Å². The molecular weight excluding hydrogens is 540 g/mol. The normalized spacial score (nSPS) is 21.4. The molecule has 2 aliphatic heterocycles. The van der Waals surface area contributed by atoms with Crippen LogP contribution in [0.4, 0.5) is 11.8 Å². The van der Waals surface area contributed by atoms with Crippen LogP contribution in [-0.2, 0) is 0 Å². The minimum atomic E-state index is -0.0681. The molecule has 0 radical (unpaired) electrons. The summed E-state index contributed by atoms with van der Waals surface area (Å²) in [6.07, 6.45) is 9.65. The molecule has 3 aliphatic rings. The lowest BCUT2D eigenvalue weighted by atomic mass is 9.85. The summed E-state index contributed by atoms with van der Waals surface area (Å²) in [5.41, 5.74) is 13.7. The molecule has 3 fully saturated rings. The predicted molar refractivity (Wildman–Crippen MR) is 164 cm³/mol. The van der Waals surface area contributed by atoms with Crippen LogP contribution in [0.25, 0.3) is 28.0 Å². The molecule has 11 heteroatoms. The zero-order chi connectivity index (χ0) is 29.2. The van der Waals surface area contributed by atoms with E-state index in [-0.39, 0.29) is 23.9 Å². The molecule has 6 heterocycles. The summed E-state index contributed by atoms with van der Waals surface area (Å²) in [4.78, 5) is 30.6. The number of nitrogen functional groups attached to an aromatic ring is 1. The Labute approximate surface area is 249 Å². The van der Waals surface area contributed by atoms with E-state index in [1.807, 2.05) is 60.6 Å². The highest BCUT2D eigenvalue weighted by atomic mass is 16.2. The standard InChI is InChI=1S/C32H34N10O/c1-40(2)32-37-29(38-39-32)31(43)41-22-11-12-23(41)15-21(14-22)27-26(19-8-9-19)28(33)42-30(36-27)24(17-35-42)20-10-13-25(34-16-20)18-6-4-3-5-7-18/h3-7,10,13,16-17,19,21-23H,8-9,11-12,14-15,33H2,1-2H3,(H,37,38,39)/t21?,22-,23+. The Morgan fingerprint density at radius 3 is 2.35 bits per heavy atom. The van der Waals surface area contributed by atoms with Gasteiger partial charge in [0.25, 0.3) is 5.91 Å². The first-order chi connectivity index (χ1) is 21.0. The molecule has 0 spiro atoms. The number of nitrogens with two attached hydrogens (primary N) is 1. The summed E-state index contributed by atoms with van der Waals surface area (Å²) in [6.45, 7) is 0. The van der Waals surface area contributed by atoms with Gasteiger partial charge in [0, 0.05) is 60.5 Å². The highest BCUT2D eigenvalue weighted by molar-refractivity contribution is 5.91. The molecule has 1 aliphatic carbocycles. The molecule has 1 aromatic carbocycles. The number of rotatable bonds is 6. The van der Waals surface area contributed by atoms with Crippen LogP contribution >= 0.6 is 0 Å². The van der Waals surface area contributed by atoms with Crippen molar-refractivity contribution in [1.29, 1.82) is 0 Å². The van der Waals surface area contributed by atoms with Crippen LogP contribution in [0.2, 0.25) is 0 Å². The molecule has 43 heavy (non-hydrogen) atoms. The molecule has 8 rings (SSSR count). The van der Waals surface area contributed by atoms with E-state index in [0.717, 1.165) is 77.8 Å². The lowest BCUT2D eigenvalue weighted by Crippen LogP contribution is -2.46. The van der Waals surface area contributed by atoms with Crippen molar-refractivity contribution in [3.63, 3.8) is 0 Å². The number of piperidine rings is 1. The van der Waals surface area contributed by atoms with E-state index in [4.69, 9.17) is 15.7 Å². The number of carbonyl (C=O) groups excluding carboxylic acids is 1. The average molecular weight is 575 g/mol. The van der Waals surface area contributed by atoms with Crippen LogP contribution < -0.4 is 10.6 Å². The van der Waals surface area contributed by atoms with Crippen molar-refractivity contribution in [2.45, 2.75) is 62.4 Å². The maximum Gasteiger partial charge on any atom is 0.292 e. The van der Waals surface area contributed by atoms with Crippen molar-refractivity contribution >= 4 is 23.3 Å². The van der Waals surface area contributed by atoms with Gasteiger partial charge in [0.05, 0.1) is 17.6 Å². The van der Waals surface area contributed by atoms with Gasteiger partial charge in [0.15, 0.2) is 5.65 Å². The van der Waals surface area contributed by atoms with Gasteiger partial charge in [0.1, 0.15) is 5.82 Å². The Hall–Kier alpha value is -4.80. The number of hydrogen-bond donors (Lipinski definition) is 2. The fraction of sp³-hybridized carbons (Fsp3) is 0.375. The van der Waals surface area contributed by atoms with Crippen molar-refractivity contribution in [3.05, 3.63) is 71.9 Å². The molecule has 218 valence electrons. The number of fused-ring (bicyclic) bond motifs is 3. The Kier molecular flexibility index (Phi) is 5.95. The minimum Gasteiger partial charge on any atom is -0.383 e. The van der Waals surface area contributed by atoms with Crippen molar-refractivity contribution < 1.29 is 4.79 Å². The van der Waals surface area contributed by atoms with E-state index in [2.05, 4.69) is 38.5 Å². The van der Waals surface area contributed by atoms with Gasteiger partial charge >= 0.3 is 0 Å². The topological polar surface area (TPSA) is 134 Å². The third-order valence-electron chi connectivity index (χ3n) is 9.34. The average Bonchev–Trinajstić information content (AvgIpc) is 3.45. The summed E-state index contributed by atoms with van der Waals surface area (Å²) in [7, 11) is 3.75. The van der Waals surface area contributed by atoms with Crippen LogP contribution in [0.3, 0.4) is 0 Å². The number of carbonyl (C=O) groups is 1. The lowest BCUT2D eigenvalue weighted by molar-refractivity contribution is 0.0557. The van der Waals surface area contributed by atoms with Crippen LogP contribution in [0.5, 0.6) is 0 Å². The molecule has 1 saturated carbocycles. The second-order valence-electron chi connectivity index (χ2n) is 12.3. The predicted octanol–water partition coefficient (Wildman–Crippen LogP) is 4.65. The largest absolute Gasteiger partial charge is 0.383 e. The lowest BCUT2D eigenvalue weighted by Gasteiger charge is -2.39. The van der Waals surface area contributed by atoms with Crippen molar-refractivity contribution in [3.8, 4) is 22.4 Å². The molecule has 2 saturated heterocycles. The zero-order valence-corrected chi connectivity index (χ0v) is 24.3. The van der Waals surface area contributed by atoms with E-state index in [9.17, 15) is 4.79 Å². The van der Waals surface area contributed by atoms with E-state index < -0.39 is 0 Å². The van der Waals surface area contributed by atoms with Gasteiger partial charge < -0.3 is 20.5 Å². The second kappa shape index (κ2) is 9.89. The zero-order valence-electron chi connectivity index (χ0n) is 24.3. The fourth-order valence-corrected chi connectivity index (χ4v) is 7.09. The Morgan fingerprint density at radius 2 is 1.70 bits per heavy atom. The number of anilines is 2. The first kappa shape index (κ1) is 25.9. The van der Waals surface area contributed by atoms with Gasteiger partial charge in [-0.25, -0.2) is 4.98 Å². The number of aromatic nitrogens is 7. The van der Waals surface area contributed by atoms with E-state index in [0.29, 0.717) is 23.5 Å². The van der Waals surface area contributed by atoms with Crippen LogP contribution in [0.1, 0.15) is 72.2 Å². The second-order valence-corrected chi connectivity index (χ2v) is 12.3. The minimum absolute atomic E-state index is 0.0681. The molecular formula is C32H34N10O. The molecule has 1 unspecified atom stereocenters. The van der Waals surface area contributed by atoms with Gasteiger partial charge in [-0.2, -0.15) is 9.61 Å². The summed E-state index contributed by atoms with van der Waals surface area (Å²) in [5.74, 6) is 2.14. The number of aromatic amines is 1. The van der Waals surface area contributed by atoms with Gasteiger partial charge in [-0.15, -0.1) is 10.2 Å². The van der Waals surface area contributed by atoms with Gasteiger partial charge in [0.2, 0.25) is 11.8 Å². The number of pyridine rings is 1. The summed E-state index contributed by atoms with van der Waals surface area (Å²) < 4.78 is 1.80.